The van der Waals surface area contributed by atoms with Crippen LogP contribution in [0.5, 0.6) is 5.75 Å². The molecule has 0 saturated carbocycles. The van der Waals surface area contributed by atoms with Crippen LogP contribution in [-0.2, 0) is 29.0 Å². The highest BCUT2D eigenvalue weighted by molar-refractivity contribution is 5.89. The molecular formula is C28H25FO3. The number of fused-ring (bicyclic) bond motifs is 1. The summed E-state index contributed by atoms with van der Waals surface area (Å²) in [5.41, 5.74) is 5.09. The second-order valence-electron chi connectivity index (χ2n) is 7.85. The van der Waals surface area contributed by atoms with Crippen LogP contribution in [0.15, 0.2) is 78.9 Å². The fourth-order valence-corrected chi connectivity index (χ4v) is 3.90. The van der Waals surface area contributed by atoms with Crippen molar-refractivity contribution in [1.29, 1.82) is 0 Å². The van der Waals surface area contributed by atoms with Gasteiger partial charge in [-0.1, -0.05) is 54.6 Å². The molecule has 0 spiro atoms. The molecule has 0 saturated heterocycles. The van der Waals surface area contributed by atoms with E-state index in [1.54, 1.807) is 12.1 Å². The summed E-state index contributed by atoms with van der Waals surface area (Å²) in [6, 6.07) is 24.7. The molecular weight excluding hydrogens is 403 g/mol. The molecule has 0 heterocycles. The quantitative estimate of drug-likeness (QED) is 0.330. The molecule has 0 radical (unpaired) electrons. The molecule has 0 aromatic heterocycles. The lowest BCUT2D eigenvalue weighted by Crippen LogP contribution is -2.08. The maximum Gasteiger partial charge on any atom is 0.309 e. The number of esters is 1. The van der Waals surface area contributed by atoms with Crippen molar-refractivity contribution in [3.05, 3.63) is 112 Å². The molecule has 4 rings (SSSR count). The van der Waals surface area contributed by atoms with Crippen LogP contribution >= 0.6 is 0 Å². The first-order valence-electron chi connectivity index (χ1n) is 10.6. The number of hydrogen-bond donors (Lipinski definition) is 0. The van der Waals surface area contributed by atoms with E-state index < -0.39 is 0 Å². The van der Waals surface area contributed by atoms with Crippen LogP contribution in [-0.4, -0.2) is 13.1 Å². The first-order chi connectivity index (χ1) is 15.5. The number of rotatable bonds is 7. The summed E-state index contributed by atoms with van der Waals surface area (Å²) in [6.07, 6.45) is 0.814. The van der Waals surface area contributed by atoms with Crippen molar-refractivity contribution in [3.8, 4) is 5.75 Å². The van der Waals surface area contributed by atoms with Crippen LogP contribution in [0.3, 0.4) is 0 Å². The number of halogens is 1. The summed E-state index contributed by atoms with van der Waals surface area (Å²) in [4.78, 5) is 11.9. The second kappa shape index (κ2) is 9.65. The lowest BCUT2D eigenvalue weighted by Gasteiger charge is -2.16. The third-order valence-electron chi connectivity index (χ3n) is 5.72. The Bertz CT molecular complexity index is 1230. The summed E-state index contributed by atoms with van der Waals surface area (Å²) in [7, 11) is 1.39. The lowest BCUT2D eigenvalue weighted by atomic mass is 9.90. The molecule has 0 aliphatic rings. The third kappa shape index (κ3) is 4.97. The molecule has 0 amide bonds. The van der Waals surface area contributed by atoms with Crippen molar-refractivity contribution < 1.29 is 18.7 Å². The van der Waals surface area contributed by atoms with Gasteiger partial charge in [-0.2, -0.15) is 0 Å². The largest absolute Gasteiger partial charge is 0.489 e. The Hall–Kier alpha value is -3.66. The lowest BCUT2D eigenvalue weighted by molar-refractivity contribution is -0.139. The summed E-state index contributed by atoms with van der Waals surface area (Å²) < 4.78 is 24.8. The van der Waals surface area contributed by atoms with E-state index in [0.29, 0.717) is 13.0 Å². The normalized spacial score (nSPS) is 10.8. The van der Waals surface area contributed by atoms with Crippen LogP contribution in [0.4, 0.5) is 4.39 Å². The van der Waals surface area contributed by atoms with Gasteiger partial charge in [-0.15, -0.1) is 0 Å². The third-order valence-corrected chi connectivity index (χ3v) is 5.72. The topological polar surface area (TPSA) is 35.5 Å². The summed E-state index contributed by atoms with van der Waals surface area (Å²) in [5, 5.41) is 1.77. The molecule has 4 aromatic rings. The Morgan fingerprint density at radius 3 is 2.38 bits per heavy atom. The Morgan fingerprint density at radius 1 is 0.906 bits per heavy atom. The molecule has 4 aromatic carbocycles. The average Bonchev–Trinajstić information content (AvgIpc) is 2.82. The van der Waals surface area contributed by atoms with E-state index >= 15 is 0 Å². The minimum absolute atomic E-state index is 0.189. The van der Waals surface area contributed by atoms with Gasteiger partial charge in [-0.05, 0) is 76.2 Å². The van der Waals surface area contributed by atoms with Gasteiger partial charge in [-0.3, -0.25) is 4.79 Å². The van der Waals surface area contributed by atoms with Crippen molar-refractivity contribution >= 4 is 16.7 Å². The molecule has 3 nitrogen and oxygen atoms in total. The van der Waals surface area contributed by atoms with E-state index in [1.807, 2.05) is 67.6 Å². The molecule has 32 heavy (non-hydrogen) atoms. The molecule has 162 valence electrons. The zero-order valence-electron chi connectivity index (χ0n) is 18.2. The Kier molecular flexibility index (Phi) is 6.50. The highest BCUT2D eigenvalue weighted by Gasteiger charge is 2.14. The summed E-state index contributed by atoms with van der Waals surface area (Å²) in [6.45, 7) is 2.49. The van der Waals surface area contributed by atoms with Crippen molar-refractivity contribution in [2.24, 2.45) is 0 Å². The highest BCUT2D eigenvalue weighted by Crippen LogP contribution is 2.30. The van der Waals surface area contributed by atoms with Crippen molar-refractivity contribution in [2.45, 2.75) is 26.4 Å². The molecule has 0 fully saturated rings. The Balaban J connectivity index is 1.60. The molecule has 4 heteroatoms. The van der Waals surface area contributed by atoms with E-state index in [9.17, 15) is 9.18 Å². The zero-order valence-corrected chi connectivity index (χ0v) is 18.2. The minimum atomic E-state index is -0.291. The molecule has 0 N–H and O–H groups in total. The summed E-state index contributed by atoms with van der Waals surface area (Å²) in [5.74, 6) is 0.230. The van der Waals surface area contributed by atoms with Crippen molar-refractivity contribution in [2.75, 3.05) is 7.11 Å². The maximum absolute atomic E-state index is 14.0. The zero-order chi connectivity index (χ0) is 22.5. The van der Waals surface area contributed by atoms with E-state index in [-0.39, 0.29) is 18.2 Å². The van der Waals surface area contributed by atoms with E-state index in [2.05, 4.69) is 0 Å². The Labute approximate surface area is 187 Å². The van der Waals surface area contributed by atoms with Gasteiger partial charge in [0.1, 0.15) is 18.2 Å². The number of carbonyl (C=O) groups is 1. The average molecular weight is 429 g/mol. The van der Waals surface area contributed by atoms with E-state index in [4.69, 9.17) is 9.47 Å². The number of benzene rings is 4. The second-order valence-corrected chi connectivity index (χ2v) is 7.85. The number of methoxy groups -OCH3 is 1. The van der Waals surface area contributed by atoms with Gasteiger partial charge >= 0.3 is 5.97 Å². The van der Waals surface area contributed by atoms with Crippen molar-refractivity contribution in [3.63, 3.8) is 0 Å². The van der Waals surface area contributed by atoms with Gasteiger partial charge in [0, 0.05) is 0 Å². The van der Waals surface area contributed by atoms with Gasteiger partial charge in [0.2, 0.25) is 0 Å². The fraction of sp³-hybridized carbons (Fsp3) is 0.179. The molecule has 0 bridgehead atoms. The predicted octanol–water partition coefficient (Wildman–Crippen LogP) is 6.17. The smallest absolute Gasteiger partial charge is 0.309 e. The van der Waals surface area contributed by atoms with E-state index in [0.717, 1.165) is 44.3 Å². The minimum Gasteiger partial charge on any atom is -0.489 e. The SMILES string of the molecule is COC(=O)Cc1cc2ccc(F)cc2c(Cc2ccc(OCc3ccccc3)cc2)c1C. The van der Waals surface area contributed by atoms with Gasteiger partial charge in [0.25, 0.3) is 0 Å². The molecule has 0 aliphatic heterocycles. The van der Waals surface area contributed by atoms with Crippen LogP contribution in [0.25, 0.3) is 10.8 Å². The van der Waals surface area contributed by atoms with E-state index in [1.165, 1.54) is 13.2 Å². The first kappa shape index (κ1) is 21.6. The monoisotopic (exact) mass is 428 g/mol. The first-order valence-corrected chi connectivity index (χ1v) is 10.6. The number of carbonyl (C=O) groups excluding carboxylic acids is 1. The van der Waals surface area contributed by atoms with Crippen LogP contribution in [0.2, 0.25) is 0 Å². The van der Waals surface area contributed by atoms with Gasteiger partial charge in [0.15, 0.2) is 0 Å². The summed E-state index contributed by atoms with van der Waals surface area (Å²) >= 11 is 0. The fourth-order valence-electron chi connectivity index (χ4n) is 3.90. The predicted molar refractivity (Wildman–Crippen MR) is 124 cm³/mol. The van der Waals surface area contributed by atoms with Gasteiger partial charge in [-0.25, -0.2) is 4.39 Å². The molecule has 0 aliphatic carbocycles. The Morgan fingerprint density at radius 2 is 1.66 bits per heavy atom. The van der Waals surface area contributed by atoms with Crippen LogP contribution in [0.1, 0.15) is 27.8 Å². The highest BCUT2D eigenvalue weighted by atomic mass is 19.1. The number of hydrogen-bond acceptors (Lipinski definition) is 3. The molecule has 0 unspecified atom stereocenters. The number of ether oxygens (including phenoxy) is 2. The standard InChI is InChI=1S/C28H25FO3/c1-19-23(16-28(30)31-2)15-22-10-11-24(29)17-27(22)26(19)14-20-8-12-25(13-9-20)32-18-21-6-4-3-5-7-21/h3-13,15,17H,14,16,18H2,1-2H3. The maximum atomic E-state index is 14.0. The van der Waals surface area contributed by atoms with Crippen molar-refractivity contribution in [1.82, 2.24) is 0 Å². The van der Waals surface area contributed by atoms with Crippen LogP contribution in [0, 0.1) is 12.7 Å². The molecule has 0 atom stereocenters. The van der Waals surface area contributed by atoms with Gasteiger partial charge < -0.3 is 9.47 Å². The van der Waals surface area contributed by atoms with Crippen LogP contribution < -0.4 is 4.74 Å². The van der Waals surface area contributed by atoms with Gasteiger partial charge in [0.05, 0.1) is 13.5 Å².